The second-order valence-corrected chi connectivity index (χ2v) is 7.30. The summed E-state index contributed by atoms with van der Waals surface area (Å²) >= 11 is 0. The standard InChI is InChI=1S/C20H25FN2O3/c1-2-3-4-5-16(24)23-12-10-20(11-13-23)17(18(25)22-19(20)26)14-6-8-15(21)9-7-14/h6-9,17H,2-5,10-13H2,1H3,(H,22,25,26). The van der Waals surface area contributed by atoms with Crippen LogP contribution in [-0.4, -0.2) is 35.7 Å². The van der Waals surface area contributed by atoms with Crippen molar-refractivity contribution in [2.24, 2.45) is 5.41 Å². The number of likely N-dealkylation sites (tertiary alicyclic amines) is 1. The highest BCUT2D eigenvalue weighted by Crippen LogP contribution is 2.48. The zero-order chi connectivity index (χ0) is 18.7. The van der Waals surface area contributed by atoms with Gasteiger partial charge in [-0.1, -0.05) is 31.9 Å². The van der Waals surface area contributed by atoms with Crippen molar-refractivity contribution in [2.45, 2.75) is 51.4 Å². The Labute approximate surface area is 152 Å². The highest BCUT2D eigenvalue weighted by Gasteiger charge is 2.56. The fourth-order valence-electron chi connectivity index (χ4n) is 4.17. The molecular formula is C20H25FN2O3. The van der Waals surface area contributed by atoms with E-state index in [-0.39, 0.29) is 23.5 Å². The van der Waals surface area contributed by atoms with Crippen LogP contribution in [0.15, 0.2) is 24.3 Å². The Morgan fingerprint density at radius 3 is 2.46 bits per heavy atom. The SMILES string of the molecule is CCCCCC(=O)N1CCC2(CC1)C(=O)NC(=O)C2c1ccc(F)cc1. The number of hydrogen-bond acceptors (Lipinski definition) is 3. The fraction of sp³-hybridized carbons (Fsp3) is 0.550. The predicted octanol–water partition coefficient (Wildman–Crippen LogP) is 2.75. The molecule has 1 spiro atoms. The molecule has 5 nitrogen and oxygen atoms in total. The first-order valence-corrected chi connectivity index (χ1v) is 9.36. The van der Waals surface area contributed by atoms with Crippen molar-refractivity contribution in [2.75, 3.05) is 13.1 Å². The molecule has 2 saturated heterocycles. The summed E-state index contributed by atoms with van der Waals surface area (Å²) in [5, 5.41) is 2.45. The third kappa shape index (κ3) is 3.37. The van der Waals surface area contributed by atoms with E-state index in [9.17, 15) is 18.8 Å². The number of nitrogens with one attached hydrogen (secondary N) is 1. The van der Waals surface area contributed by atoms with Crippen molar-refractivity contribution >= 4 is 17.7 Å². The molecule has 3 amide bonds. The molecule has 0 radical (unpaired) electrons. The Morgan fingerprint density at radius 1 is 1.19 bits per heavy atom. The maximum Gasteiger partial charge on any atom is 0.235 e. The lowest BCUT2D eigenvalue weighted by molar-refractivity contribution is -0.139. The van der Waals surface area contributed by atoms with Gasteiger partial charge in [0.2, 0.25) is 17.7 Å². The van der Waals surface area contributed by atoms with Crippen molar-refractivity contribution < 1.29 is 18.8 Å². The van der Waals surface area contributed by atoms with Gasteiger partial charge in [0.25, 0.3) is 0 Å². The first-order valence-electron chi connectivity index (χ1n) is 9.36. The first-order chi connectivity index (χ1) is 12.5. The van der Waals surface area contributed by atoms with Gasteiger partial charge in [-0.15, -0.1) is 0 Å². The second-order valence-electron chi connectivity index (χ2n) is 7.30. The van der Waals surface area contributed by atoms with Crippen LogP contribution in [0.25, 0.3) is 0 Å². The maximum atomic E-state index is 13.2. The molecule has 2 aliphatic rings. The van der Waals surface area contributed by atoms with Gasteiger partial charge in [0, 0.05) is 19.5 Å². The van der Waals surface area contributed by atoms with Crippen molar-refractivity contribution in [3.63, 3.8) is 0 Å². The van der Waals surface area contributed by atoms with Gasteiger partial charge < -0.3 is 4.90 Å². The van der Waals surface area contributed by atoms with Crippen LogP contribution in [0.5, 0.6) is 0 Å². The van der Waals surface area contributed by atoms with E-state index in [0.717, 1.165) is 19.3 Å². The number of rotatable bonds is 5. The third-order valence-corrected chi connectivity index (χ3v) is 5.71. The van der Waals surface area contributed by atoms with Crippen LogP contribution < -0.4 is 5.32 Å². The normalized spacial score (nSPS) is 21.9. The molecule has 3 rings (SSSR count). The van der Waals surface area contributed by atoms with E-state index in [1.165, 1.54) is 12.1 Å². The number of imide groups is 1. The Bertz CT molecular complexity index is 694. The predicted molar refractivity (Wildman–Crippen MR) is 94.7 cm³/mol. The number of unbranched alkanes of at least 4 members (excludes halogenated alkanes) is 2. The van der Waals surface area contributed by atoms with Gasteiger partial charge in [0.1, 0.15) is 5.82 Å². The van der Waals surface area contributed by atoms with Crippen molar-refractivity contribution in [1.29, 1.82) is 0 Å². The summed E-state index contributed by atoms with van der Waals surface area (Å²) < 4.78 is 13.2. The minimum Gasteiger partial charge on any atom is -0.343 e. The highest BCUT2D eigenvalue weighted by atomic mass is 19.1. The molecule has 1 aromatic carbocycles. The van der Waals surface area contributed by atoms with E-state index in [1.807, 2.05) is 0 Å². The molecule has 1 N–H and O–H groups in total. The van der Waals surface area contributed by atoms with Crippen LogP contribution in [0.3, 0.4) is 0 Å². The van der Waals surface area contributed by atoms with E-state index in [4.69, 9.17) is 0 Å². The van der Waals surface area contributed by atoms with Gasteiger partial charge in [-0.05, 0) is 37.0 Å². The number of carbonyl (C=O) groups is 3. The van der Waals surface area contributed by atoms with Gasteiger partial charge in [-0.3, -0.25) is 19.7 Å². The largest absolute Gasteiger partial charge is 0.343 e. The summed E-state index contributed by atoms with van der Waals surface area (Å²) in [6.07, 6.45) is 4.42. The molecule has 0 saturated carbocycles. The maximum absolute atomic E-state index is 13.2. The molecule has 1 aromatic rings. The molecule has 0 aromatic heterocycles. The van der Waals surface area contributed by atoms with Crippen LogP contribution in [0, 0.1) is 11.2 Å². The Hall–Kier alpha value is -2.24. The number of carbonyl (C=O) groups excluding carboxylic acids is 3. The van der Waals surface area contributed by atoms with Crippen molar-refractivity contribution in [3.8, 4) is 0 Å². The summed E-state index contributed by atoms with van der Waals surface area (Å²) in [4.78, 5) is 39.1. The summed E-state index contributed by atoms with van der Waals surface area (Å²) in [5.41, 5.74) is -0.188. The molecule has 2 aliphatic heterocycles. The lowest BCUT2D eigenvalue weighted by Gasteiger charge is -2.40. The van der Waals surface area contributed by atoms with E-state index < -0.39 is 11.3 Å². The first kappa shape index (κ1) is 18.5. The quantitative estimate of drug-likeness (QED) is 0.649. The van der Waals surface area contributed by atoms with Gasteiger partial charge >= 0.3 is 0 Å². The van der Waals surface area contributed by atoms with Crippen LogP contribution in [-0.2, 0) is 14.4 Å². The molecule has 26 heavy (non-hydrogen) atoms. The Morgan fingerprint density at radius 2 is 1.85 bits per heavy atom. The van der Waals surface area contributed by atoms with E-state index >= 15 is 0 Å². The second kappa shape index (κ2) is 7.56. The number of halogens is 1. The molecule has 2 heterocycles. The number of hydrogen-bond donors (Lipinski definition) is 1. The molecule has 140 valence electrons. The topological polar surface area (TPSA) is 66.5 Å². The molecular weight excluding hydrogens is 335 g/mol. The van der Waals surface area contributed by atoms with Gasteiger partial charge in [-0.25, -0.2) is 4.39 Å². The highest BCUT2D eigenvalue weighted by molar-refractivity contribution is 6.10. The number of nitrogens with zero attached hydrogens (tertiary/aromatic N) is 1. The van der Waals surface area contributed by atoms with Crippen molar-refractivity contribution in [3.05, 3.63) is 35.6 Å². The average molecular weight is 360 g/mol. The molecule has 6 heteroatoms. The zero-order valence-corrected chi connectivity index (χ0v) is 15.1. The zero-order valence-electron chi connectivity index (χ0n) is 15.1. The number of benzene rings is 1. The van der Waals surface area contributed by atoms with Crippen molar-refractivity contribution in [1.82, 2.24) is 10.2 Å². The number of amides is 3. The minimum atomic E-state index is -0.838. The van der Waals surface area contributed by atoms with Gasteiger partial charge in [-0.2, -0.15) is 0 Å². The van der Waals surface area contributed by atoms with E-state index in [1.54, 1.807) is 17.0 Å². The van der Waals surface area contributed by atoms with E-state index in [0.29, 0.717) is 37.9 Å². The summed E-state index contributed by atoms with van der Waals surface area (Å²) in [7, 11) is 0. The molecule has 1 atom stereocenters. The number of piperidine rings is 1. The van der Waals surface area contributed by atoms with Crippen LogP contribution in [0.2, 0.25) is 0 Å². The summed E-state index contributed by atoms with van der Waals surface area (Å²) in [6.45, 7) is 3.05. The molecule has 2 fully saturated rings. The Balaban J connectivity index is 1.74. The fourth-order valence-corrected chi connectivity index (χ4v) is 4.17. The van der Waals surface area contributed by atoms with Gasteiger partial charge in [0.15, 0.2) is 0 Å². The van der Waals surface area contributed by atoms with Gasteiger partial charge in [0.05, 0.1) is 11.3 Å². The molecule has 0 aliphatic carbocycles. The van der Waals surface area contributed by atoms with Crippen LogP contribution in [0.1, 0.15) is 56.9 Å². The monoisotopic (exact) mass is 360 g/mol. The van der Waals surface area contributed by atoms with Crippen LogP contribution >= 0.6 is 0 Å². The Kier molecular flexibility index (Phi) is 5.39. The lowest BCUT2D eigenvalue weighted by Crippen LogP contribution is -2.47. The smallest absolute Gasteiger partial charge is 0.235 e. The molecule has 1 unspecified atom stereocenters. The lowest BCUT2D eigenvalue weighted by atomic mass is 9.67. The third-order valence-electron chi connectivity index (χ3n) is 5.71. The summed E-state index contributed by atoms with van der Waals surface area (Å²) in [6, 6.07) is 5.77. The minimum absolute atomic E-state index is 0.122. The van der Waals surface area contributed by atoms with Crippen LogP contribution in [0.4, 0.5) is 4.39 Å². The summed E-state index contributed by atoms with van der Waals surface area (Å²) in [5.74, 6) is -1.47. The van der Waals surface area contributed by atoms with E-state index in [2.05, 4.69) is 12.2 Å². The molecule has 0 bridgehead atoms. The average Bonchev–Trinajstić information content (AvgIpc) is 2.86.